The fourth-order valence-corrected chi connectivity index (χ4v) is 3.78. The largest absolute Gasteiger partial charge is 0.452 e. The van der Waals surface area contributed by atoms with Gasteiger partial charge in [-0.3, -0.25) is 14.4 Å². The zero-order valence-corrected chi connectivity index (χ0v) is 19.2. The highest BCUT2D eigenvalue weighted by Gasteiger charge is 2.37. The number of fused-ring (bicyclic) bond motifs is 1. The SMILES string of the molecule is O=C(COC(=O)c1ccc2c(c1)C(=O)N(c1ccc(Cl)c(Cl)c1)C2=O)NCCc1ccccc1. The third-order valence-electron chi connectivity index (χ3n) is 5.20. The Morgan fingerprint density at radius 3 is 2.32 bits per heavy atom. The normalized spacial score (nSPS) is 12.5. The van der Waals surface area contributed by atoms with Crippen LogP contribution >= 0.6 is 23.2 Å². The quantitative estimate of drug-likeness (QED) is 0.388. The highest BCUT2D eigenvalue weighted by Crippen LogP contribution is 2.33. The smallest absolute Gasteiger partial charge is 0.338 e. The molecule has 4 rings (SSSR count). The molecule has 1 heterocycles. The maximum absolute atomic E-state index is 12.9. The fourth-order valence-electron chi connectivity index (χ4n) is 3.48. The van der Waals surface area contributed by atoms with Crippen LogP contribution in [0.4, 0.5) is 5.69 Å². The van der Waals surface area contributed by atoms with Gasteiger partial charge < -0.3 is 10.1 Å². The van der Waals surface area contributed by atoms with Crippen LogP contribution in [0.3, 0.4) is 0 Å². The Bertz CT molecular complexity index is 1290. The van der Waals surface area contributed by atoms with Crippen molar-refractivity contribution in [2.24, 2.45) is 0 Å². The first kappa shape index (κ1) is 23.5. The molecule has 0 spiro atoms. The van der Waals surface area contributed by atoms with E-state index in [1.54, 1.807) is 0 Å². The van der Waals surface area contributed by atoms with E-state index >= 15 is 0 Å². The first-order valence-corrected chi connectivity index (χ1v) is 11.1. The van der Waals surface area contributed by atoms with Gasteiger partial charge in [-0.1, -0.05) is 53.5 Å². The predicted octanol–water partition coefficient (Wildman–Crippen LogP) is 4.31. The molecule has 7 nitrogen and oxygen atoms in total. The number of carbonyl (C=O) groups is 4. The van der Waals surface area contributed by atoms with Gasteiger partial charge in [0.25, 0.3) is 17.7 Å². The minimum Gasteiger partial charge on any atom is -0.452 e. The minimum atomic E-state index is -0.783. The van der Waals surface area contributed by atoms with Gasteiger partial charge in [-0.15, -0.1) is 0 Å². The minimum absolute atomic E-state index is 0.0491. The second kappa shape index (κ2) is 10.1. The van der Waals surface area contributed by atoms with Crippen molar-refractivity contribution in [3.05, 3.63) is 99.0 Å². The second-order valence-corrected chi connectivity index (χ2v) is 8.28. The number of hydrogen-bond acceptors (Lipinski definition) is 5. The average molecular weight is 497 g/mol. The molecule has 172 valence electrons. The molecule has 1 N–H and O–H groups in total. The number of halogens is 2. The molecule has 0 saturated carbocycles. The van der Waals surface area contributed by atoms with Gasteiger partial charge in [-0.05, 0) is 48.4 Å². The van der Waals surface area contributed by atoms with Gasteiger partial charge in [0.1, 0.15) is 0 Å². The molecule has 9 heteroatoms. The van der Waals surface area contributed by atoms with Gasteiger partial charge in [-0.2, -0.15) is 0 Å². The Kier molecular flexibility index (Phi) is 6.95. The summed E-state index contributed by atoms with van der Waals surface area (Å²) in [6.07, 6.45) is 0.650. The molecule has 1 aliphatic heterocycles. The number of rotatable bonds is 7. The van der Waals surface area contributed by atoms with Gasteiger partial charge in [0, 0.05) is 6.54 Å². The molecular weight excluding hydrogens is 479 g/mol. The maximum atomic E-state index is 12.9. The summed E-state index contributed by atoms with van der Waals surface area (Å²) in [7, 11) is 0. The number of imide groups is 1. The molecule has 0 radical (unpaired) electrons. The van der Waals surface area contributed by atoms with Crippen molar-refractivity contribution in [3.63, 3.8) is 0 Å². The number of hydrogen-bond donors (Lipinski definition) is 1. The monoisotopic (exact) mass is 496 g/mol. The number of amides is 3. The standard InChI is InChI=1S/C25H18Cl2N2O5/c26-20-9-7-17(13-21(20)27)29-23(31)18-8-6-16(12-19(18)24(29)32)25(33)34-14-22(30)28-11-10-15-4-2-1-3-5-15/h1-9,12-13H,10-11,14H2,(H,28,30). The molecule has 3 aromatic carbocycles. The fraction of sp³-hybridized carbons (Fsp3) is 0.120. The first-order chi connectivity index (χ1) is 16.3. The number of anilines is 1. The number of nitrogens with one attached hydrogen (secondary N) is 1. The summed E-state index contributed by atoms with van der Waals surface area (Å²) in [4.78, 5) is 51.0. The van der Waals surface area contributed by atoms with E-state index in [9.17, 15) is 19.2 Å². The Morgan fingerprint density at radius 1 is 0.853 bits per heavy atom. The molecule has 3 aromatic rings. The van der Waals surface area contributed by atoms with E-state index in [1.807, 2.05) is 30.3 Å². The van der Waals surface area contributed by atoms with Crippen LogP contribution < -0.4 is 10.2 Å². The summed E-state index contributed by atoms with van der Waals surface area (Å²) in [6, 6.07) is 18.1. The van der Waals surface area contributed by atoms with E-state index in [-0.39, 0.29) is 32.4 Å². The van der Waals surface area contributed by atoms with Crippen molar-refractivity contribution >= 4 is 52.6 Å². The zero-order chi connectivity index (χ0) is 24.2. The van der Waals surface area contributed by atoms with Crippen LogP contribution in [0.5, 0.6) is 0 Å². The predicted molar refractivity (Wildman–Crippen MR) is 127 cm³/mol. The number of esters is 1. The van der Waals surface area contributed by atoms with Crippen molar-refractivity contribution in [3.8, 4) is 0 Å². The molecule has 1 aliphatic rings. The summed E-state index contributed by atoms with van der Waals surface area (Å²) in [6.45, 7) is -0.0621. The first-order valence-electron chi connectivity index (χ1n) is 10.3. The molecule has 0 saturated heterocycles. The third-order valence-corrected chi connectivity index (χ3v) is 5.94. The lowest BCUT2D eigenvalue weighted by atomic mass is 10.1. The number of ether oxygens (including phenoxy) is 1. The highest BCUT2D eigenvalue weighted by atomic mass is 35.5. The molecule has 34 heavy (non-hydrogen) atoms. The van der Waals surface area contributed by atoms with E-state index in [2.05, 4.69) is 5.32 Å². The van der Waals surface area contributed by atoms with Gasteiger partial charge in [0.05, 0.1) is 32.4 Å². The lowest BCUT2D eigenvalue weighted by molar-refractivity contribution is -0.124. The molecular formula is C25H18Cl2N2O5. The highest BCUT2D eigenvalue weighted by molar-refractivity contribution is 6.42. The third kappa shape index (κ3) is 4.95. The van der Waals surface area contributed by atoms with Crippen LogP contribution in [0.1, 0.15) is 36.6 Å². The topological polar surface area (TPSA) is 92.8 Å². The summed E-state index contributed by atoms with van der Waals surface area (Å²) in [5, 5.41) is 3.17. The molecule has 0 aliphatic carbocycles. The summed E-state index contributed by atoms with van der Waals surface area (Å²) < 4.78 is 5.06. The van der Waals surface area contributed by atoms with Gasteiger partial charge in [-0.25, -0.2) is 9.69 Å². The van der Waals surface area contributed by atoms with Crippen LogP contribution in [-0.4, -0.2) is 36.8 Å². The van der Waals surface area contributed by atoms with Gasteiger partial charge in [0.2, 0.25) is 0 Å². The average Bonchev–Trinajstić information content (AvgIpc) is 3.09. The Balaban J connectivity index is 1.37. The molecule has 0 bridgehead atoms. The van der Waals surface area contributed by atoms with E-state index in [0.29, 0.717) is 13.0 Å². The van der Waals surface area contributed by atoms with Crippen molar-refractivity contribution in [2.75, 3.05) is 18.1 Å². The molecule has 0 unspecified atom stereocenters. The van der Waals surface area contributed by atoms with Crippen LogP contribution in [0.2, 0.25) is 10.0 Å². The van der Waals surface area contributed by atoms with Crippen LogP contribution in [0.15, 0.2) is 66.7 Å². The van der Waals surface area contributed by atoms with Crippen LogP contribution in [-0.2, 0) is 16.0 Å². The summed E-state index contributed by atoms with van der Waals surface area (Å²) in [5.74, 6) is -2.38. The molecule has 0 atom stereocenters. The Hall–Kier alpha value is -3.68. The maximum Gasteiger partial charge on any atom is 0.338 e. The van der Waals surface area contributed by atoms with Crippen molar-refractivity contribution in [2.45, 2.75) is 6.42 Å². The summed E-state index contributed by atoms with van der Waals surface area (Å²) in [5.41, 5.74) is 1.58. The van der Waals surface area contributed by atoms with Crippen molar-refractivity contribution in [1.82, 2.24) is 5.32 Å². The van der Waals surface area contributed by atoms with Crippen LogP contribution in [0.25, 0.3) is 0 Å². The van der Waals surface area contributed by atoms with Crippen molar-refractivity contribution < 1.29 is 23.9 Å². The van der Waals surface area contributed by atoms with Gasteiger partial charge in [0.15, 0.2) is 6.61 Å². The van der Waals surface area contributed by atoms with Gasteiger partial charge >= 0.3 is 5.97 Å². The summed E-state index contributed by atoms with van der Waals surface area (Å²) >= 11 is 11.9. The van der Waals surface area contributed by atoms with E-state index in [0.717, 1.165) is 10.5 Å². The molecule has 0 aromatic heterocycles. The number of carbonyl (C=O) groups excluding carboxylic acids is 4. The van der Waals surface area contributed by atoms with Crippen molar-refractivity contribution in [1.29, 1.82) is 0 Å². The van der Waals surface area contributed by atoms with Crippen LogP contribution in [0, 0.1) is 0 Å². The second-order valence-electron chi connectivity index (χ2n) is 7.47. The lowest BCUT2D eigenvalue weighted by Crippen LogP contribution is -2.30. The van der Waals surface area contributed by atoms with E-state index in [4.69, 9.17) is 27.9 Å². The molecule has 0 fully saturated rings. The lowest BCUT2D eigenvalue weighted by Gasteiger charge is -2.14. The number of benzene rings is 3. The Morgan fingerprint density at radius 2 is 1.59 bits per heavy atom. The zero-order valence-electron chi connectivity index (χ0n) is 17.7. The Labute approximate surface area is 205 Å². The van der Waals surface area contributed by atoms with E-state index in [1.165, 1.54) is 36.4 Å². The molecule has 3 amide bonds. The number of nitrogens with zero attached hydrogens (tertiary/aromatic N) is 1. The van der Waals surface area contributed by atoms with E-state index < -0.39 is 30.3 Å².